The average Bonchev–Trinajstić information content (AvgIpc) is 3.00. The monoisotopic (exact) mass is 724 g/mol. The van der Waals surface area contributed by atoms with E-state index in [1.165, 1.54) is 64.6 Å². The van der Waals surface area contributed by atoms with Crippen molar-refractivity contribution in [1.29, 1.82) is 0 Å². The van der Waals surface area contributed by atoms with Gasteiger partial charge in [-0.2, -0.15) is 0 Å². The molecule has 0 spiro atoms. The van der Waals surface area contributed by atoms with Crippen molar-refractivity contribution in [3.8, 4) is 0 Å². The van der Waals surface area contributed by atoms with Crippen LogP contribution in [-0.4, -0.2) is 17.3 Å². The first-order chi connectivity index (χ1) is 20.2. The Morgan fingerprint density at radius 2 is 1.21 bits per heavy atom. The summed E-state index contributed by atoms with van der Waals surface area (Å²) in [5.74, 6) is 1.34. The fraction of sp³-hybridized carbons (Fsp3) is 0.129. The standard InChI is InChI=1S/C11H8BrFOS.C10H6ClFOS.C10H7ClOS/c1-6-2-8-7(3-9(6)13)5-15-10(4-12)11(8)14;11-4-9-10(13)8-3-7(12)2-1-6(8)5-14-9;11-5-9-10(12)8-4-2-1-3-7(8)6-13-9/h2-4H,5H2,1H3;1-4H,5H2;1-5H,6H2/b10-4-;9-4-;9-5-. The summed E-state index contributed by atoms with van der Waals surface area (Å²) >= 11 is 18.5. The maximum Gasteiger partial charge on any atom is 0.200 e. The highest BCUT2D eigenvalue weighted by Crippen LogP contribution is 2.36. The van der Waals surface area contributed by atoms with E-state index < -0.39 is 5.82 Å². The number of hydrogen-bond acceptors (Lipinski definition) is 6. The van der Waals surface area contributed by atoms with Gasteiger partial charge in [0.2, 0.25) is 11.6 Å². The Balaban J connectivity index is 0.000000145. The second kappa shape index (κ2) is 15.0. The number of fused-ring (bicyclic) bond motifs is 3. The number of hydrogen-bond donors (Lipinski definition) is 0. The van der Waals surface area contributed by atoms with Crippen molar-refractivity contribution < 1.29 is 23.2 Å². The number of rotatable bonds is 0. The van der Waals surface area contributed by atoms with Crippen molar-refractivity contribution in [3.63, 3.8) is 0 Å². The smallest absolute Gasteiger partial charge is 0.200 e. The van der Waals surface area contributed by atoms with E-state index in [2.05, 4.69) is 15.9 Å². The van der Waals surface area contributed by atoms with Gasteiger partial charge >= 0.3 is 0 Å². The lowest BCUT2D eigenvalue weighted by molar-refractivity contribution is 0.103. The van der Waals surface area contributed by atoms with Gasteiger partial charge in [0, 0.05) is 45.0 Å². The normalized spacial score (nSPS) is 18.4. The predicted molar refractivity (Wildman–Crippen MR) is 176 cm³/mol. The third-order valence-corrected chi connectivity index (χ3v) is 11.0. The molecule has 3 aliphatic heterocycles. The van der Waals surface area contributed by atoms with Crippen LogP contribution >= 0.6 is 74.4 Å². The molecule has 6 rings (SSSR count). The van der Waals surface area contributed by atoms with Gasteiger partial charge < -0.3 is 0 Å². The zero-order chi connectivity index (χ0) is 30.4. The molecule has 3 nitrogen and oxygen atoms in total. The number of benzene rings is 3. The van der Waals surface area contributed by atoms with E-state index in [0.717, 1.165) is 28.0 Å². The van der Waals surface area contributed by atoms with Gasteiger partial charge in [-0.3, -0.25) is 14.4 Å². The minimum absolute atomic E-state index is 0.0266. The summed E-state index contributed by atoms with van der Waals surface area (Å²) < 4.78 is 26.2. The molecule has 0 aliphatic carbocycles. The largest absolute Gasteiger partial charge is 0.288 e. The summed E-state index contributed by atoms with van der Waals surface area (Å²) in [5.41, 5.74) is 7.71. The Morgan fingerprint density at radius 3 is 1.86 bits per heavy atom. The van der Waals surface area contributed by atoms with Crippen LogP contribution in [0.5, 0.6) is 0 Å². The third kappa shape index (κ3) is 7.49. The molecule has 0 saturated heterocycles. The van der Waals surface area contributed by atoms with Gasteiger partial charge in [-0.15, -0.1) is 35.3 Å². The first-order valence-corrected chi connectivity index (χ1v) is 17.0. The second-order valence-corrected chi connectivity index (χ2v) is 12.9. The SMILES string of the molecule is Cc1cc2c(cc1F)CS/C(=C\Br)C2=O.O=C1/C(=C/Cl)SCc2ccc(F)cc21.O=C1/C(=C/Cl)SCc2ccccc21. The Labute approximate surface area is 273 Å². The second-order valence-electron chi connectivity index (χ2n) is 8.99. The fourth-order valence-corrected chi connectivity index (χ4v) is 7.88. The highest BCUT2D eigenvalue weighted by atomic mass is 79.9. The highest BCUT2D eigenvalue weighted by molar-refractivity contribution is 9.11. The molecule has 3 aliphatic rings. The molecule has 0 N–H and O–H groups in total. The predicted octanol–water partition coefficient (Wildman–Crippen LogP) is 10.3. The van der Waals surface area contributed by atoms with Crippen molar-refractivity contribution in [2.75, 3.05) is 0 Å². The van der Waals surface area contributed by atoms with Crippen molar-refractivity contribution in [1.82, 2.24) is 0 Å². The van der Waals surface area contributed by atoms with E-state index in [1.54, 1.807) is 24.0 Å². The lowest BCUT2D eigenvalue weighted by atomic mass is 10.0. The van der Waals surface area contributed by atoms with Gasteiger partial charge in [-0.05, 0) is 58.4 Å². The van der Waals surface area contributed by atoms with Crippen molar-refractivity contribution in [2.45, 2.75) is 24.2 Å². The van der Waals surface area contributed by atoms with E-state index in [4.69, 9.17) is 23.2 Å². The van der Waals surface area contributed by atoms with E-state index in [9.17, 15) is 23.2 Å². The maximum atomic E-state index is 13.3. The number of aryl methyl sites for hydroxylation is 1. The molecule has 11 heteroatoms. The molecule has 0 unspecified atom stereocenters. The van der Waals surface area contributed by atoms with Crippen LogP contribution in [0.3, 0.4) is 0 Å². The molecule has 216 valence electrons. The van der Waals surface area contributed by atoms with E-state index in [1.807, 2.05) is 24.3 Å². The van der Waals surface area contributed by atoms with E-state index >= 15 is 0 Å². The molecule has 3 aromatic carbocycles. The average molecular weight is 727 g/mol. The van der Waals surface area contributed by atoms with Crippen molar-refractivity contribution >= 4 is 91.8 Å². The number of halogens is 5. The van der Waals surface area contributed by atoms with Crippen LogP contribution in [0.1, 0.15) is 53.3 Å². The molecule has 42 heavy (non-hydrogen) atoms. The molecular formula is C31H21BrCl2F2O3S3. The summed E-state index contributed by atoms with van der Waals surface area (Å²) in [4.78, 5) is 38.6. The molecule has 0 radical (unpaired) electrons. The minimum Gasteiger partial charge on any atom is -0.288 e. The van der Waals surface area contributed by atoms with Crippen molar-refractivity contribution in [2.24, 2.45) is 0 Å². The number of ketones is 3. The Morgan fingerprint density at radius 1 is 0.690 bits per heavy atom. The number of Topliss-reactive ketones (excluding diaryl/α,β-unsaturated/α-hetero) is 3. The zero-order valence-corrected chi connectivity index (χ0v) is 27.4. The summed E-state index contributed by atoms with van der Waals surface area (Å²) in [5, 5.41) is 0. The summed E-state index contributed by atoms with van der Waals surface area (Å²) in [6.07, 6.45) is 0. The quantitative estimate of drug-likeness (QED) is 0.215. The number of carbonyl (C=O) groups is 3. The maximum absolute atomic E-state index is 13.3. The molecule has 0 saturated carbocycles. The van der Waals surface area contributed by atoms with Gasteiger partial charge in [0.1, 0.15) is 11.6 Å². The fourth-order valence-electron chi connectivity index (χ4n) is 4.11. The molecule has 0 aromatic heterocycles. The Hall–Kier alpha value is -2.14. The van der Waals surface area contributed by atoms with Crippen LogP contribution in [0.4, 0.5) is 8.78 Å². The zero-order valence-electron chi connectivity index (χ0n) is 21.9. The summed E-state index contributed by atoms with van der Waals surface area (Å²) in [6.45, 7) is 1.67. The molecule has 0 bridgehead atoms. The van der Waals surface area contributed by atoms with E-state index in [0.29, 0.717) is 42.9 Å². The first kappa shape index (κ1) is 32.8. The molecular weight excluding hydrogens is 705 g/mol. The van der Waals surface area contributed by atoms with E-state index in [-0.39, 0.29) is 23.2 Å². The van der Waals surface area contributed by atoms with Crippen molar-refractivity contribution in [3.05, 3.63) is 136 Å². The van der Waals surface area contributed by atoms with Crippen LogP contribution in [0.2, 0.25) is 0 Å². The Kier molecular flexibility index (Phi) is 11.7. The Bertz CT molecular complexity index is 1670. The summed E-state index contributed by atoms with van der Waals surface area (Å²) in [7, 11) is 0. The van der Waals surface area contributed by atoms with Gasteiger partial charge in [0.15, 0.2) is 5.78 Å². The molecule has 0 atom stereocenters. The van der Waals surface area contributed by atoms with Gasteiger partial charge in [0.05, 0.1) is 14.7 Å². The lowest BCUT2D eigenvalue weighted by Crippen LogP contribution is -2.11. The molecule has 3 aromatic rings. The highest BCUT2D eigenvalue weighted by Gasteiger charge is 2.24. The molecule has 0 fully saturated rings. The lowest BCUT2D eigenvalue weighted by Gasteiger charge is -2.17. The van der Waals surface area contributed by atoms with Crippen LogP contribution < -0.4 is 0 Å². The van der Waals surface area contributed by atoms with Gasteiger partial charge in [-0.25, -0.2) is 8.78 Å². The van der Waals surface area contributed by atoms with Crippen LogP contribution in [0.25, 0.3) is 0 Å². The van der Waals surface area contributed by atoms with Crippen LogP contribution in [0.15, 0.2) is 85.4 Å². The number of thioether (sulfide) groups is 3. The first-order valence-electron chi connectivity index (χ1n) is 12.3. The molecule has 3 heterocycles. The summed E-state index contributed by atoms with van der Waals surface area (Å²) in [6, 6.07) is 15.0. The van der Waals surface area contributed by atoms with Crippen LogP contribution in [0, 0.1) is 18.6 Å². The number of allylic oxidation sites excluding steroid dienone is 3. The number of carbonyl (C=O) groups excluding carboxylic acids is 3. The third-order valence-electron chi connectivity index (χ3n) is 6.33. The molecule has 0 amide bonds. The van der Waals surface area contributed by atoms with Crippen LogP contribution in [-0.2, 0) is 17.3 Å². The topological polar surface area (TPSA) is 51.2 Å². The van der Waals surface area contributed by atoms with Gasteiger partial charge in [-0.1, -0.05) is 69.5 Å². The van der Waals surface area contributed by atoms with Gasteiger partial charge in [0.25, 0.3) is 0 Å². The minimum atomic E-state index is -0.391.